The Labute approximate surface area is 206 Å². The summed E-state index contributed by atoms with van der Waals surface area (Å²) in [4.78, 5) is 17.2. The number of allylic oxidation sites excluding steroid dienone is 2. The molecule has 6 nitrogen and oxygen atoms in total. The van der Waals surface area contributed by atoms with Crippen LogP contribution in [-0.2, 0) is 5.41 Å². The highest BCUT2D eigenvalue weighted by Gasteiger charge is 2.20. The first-order chi connectivity index (χ1) is 16.8. The number of aromatic nitrogens is 1. The smallest absolute Gasteiger partial charge is 0.323 e. The number of carbonyl (C=O) groups is 1. The summed E-state index contributed by atoms with van der Waals surface area (Å²) in [5, 5.41) is 6.00. The van der Waals surface area contributed by atoms with E-state index < -0.39 is 0 Å². The van der Waals surface area contributed by atoms with Crippen molar-refractivity contribution in [3.05, 3.63) is 89.1 Å². The van der Waals surface area contributed by atoms with Crippen LogP contribution in [0.25, 0.3) is 17.3 Å². The fourth-order valence-electron chi connectivity index (χ4n) is 4.06. The molecular formula is C29H31N3O3. The van der Waals surface area contributed by atoms with Crippen LogP contribution >= 0.6 is 0 Å². The van der Waals surface area contributed by atoms with E-state index in [1.807, 2.05) is 54.6 Å². The molecular weight excluding hydrogens is 438 g/mol. The van der Waals surface area contributed by atoms with E-state index >= 15 is 0 Å². The number of hydrogen-bond acceptors (Lipinski definition) is 4. The van der Waals surface area contributed by atoms with E-state index in [0.717, 1.165) is 33.5 Å². The molecule has 1 aliphatic carbocycles. The second-order valence-electron chi connectivity index (χ2n) is 9.41. The van der Waals surface area contributed by atoms with Crippen LogP contribution in [0.15, 0.2) is 66.9 Å². The standard InChI is InChI=1S/C29H31N3O3/c1-29(2,3)21-11-13-26(34-4)25(18-21)32-28(33)31-24-12-10-20(22-8-6-7-9-23(22)24)16-19-14-15-30-27(17-19)35-5/h6-9,11-18H,10H2,1-5H3,(H2,31,32,33). The Kier molecular flexibility index (Phi) is 6.92. The molecule has 0 radical (unpaired) electrons. The van der Waals surface area contributed by atoms with Crippen LogP contribution in [0.2, 0.25) is 0 Å². The van der Waals surface area contributed by atoms with Crippen LogP contribution in [0.4, 0.5) is 10.5 Å². The molecule has 0 spiro atoms. The summed E-state index contributed by atoms with van der Waals surface area (Å²) in [6.07, 6.45) is 6.57. The van der Waals surface area contributed by atoms with Crippen molar-refractivity contribution in [3.8, 4) is 11.6 Å². The predicted molar refractivity (Wildman–Crippen MR) is 142 cm³/mol. The Hall–Kier alpha value is -4.06. The molecule has 0 atom stereocenters. The molecule has 1 aliphatic rings. The molecule has 4 rings (SSSR count). The predicted octanol–water partition coefficient (Wildman–Crippen LogP) is 6.50. The molecule has 2 N–H and O–H groups in total. The maximum Gasteiger partial charge on any atom is 0.323 e. The molecule has 1 heterocycles. The Morgan fingerprint density at radius 1 is 0.971 bits per heavy atom. The molecule has 0 bridgehead atoms. The highest BCUT2D eigenvalue weighted by Crippen LogP contribution is 2.35. The van der Waals surface area contributed by atoms with Gasteiger partial charge in [0.2, 0.25) is 5.88 Å². The minimum atomic E-state index is -0.318. The van der Waals surface area contributed by atoms with Crippen LogP contribution in [0, 0.1) is 0 Å². The van der Waals surface area contributed by atoms with E-state index in [4.69, 9.17) is 9.47 Å². The minimum absolute atomic E-state index is 0.0500. The van der Waals surface area contributed by atoms with Gasteiger partial charge in [0.05, 0.1) is 19.9 Å². The Morgan fingerprint density at radius 2 is 1.74 bits per heavy atom. The molecule has 35 heavy (non-hydrogen) atoms. The maximum absolute atomic E-state index is 13.0. The quantitative estimate of drug-likeness (QED) is 0.447. The summed E-state index contributed by atoms with van der Waals surface area (Å²) in [5.74, 6) is 1.19. The van der Waals surface area contributed by atoms with E-state index in [-0.39, 0.29) is 11.4 Å². The second-order valence-corrected chi connectivity index (χ2v) is 9.41. The number of rotatable bonds is 5. The first-order valence-corrected chi connectivity index (χ1v) is 11.6. The lowest BCUT2D eigenvalue weighted by molar-refractivity contribution is 0.255. The first kappa shape index (κ1) is 24.1. The topological polar surface area (TPSA) is 72.5 Å². The van der Waals surface area contributed by atoms with E-state index in [9.17, 15) is 4.79 Å². The SMILES string of the molecule is COc1cc(C=C2CC=C(NC(=O)Nc3cc(C(C)(C)C)ccc3OC)c3ccccc32)ccn1. The monoisotopic (exact) mass is 469 g/mol. The number of benzene rings is 2. The highest BCUT2D eigenvalue weighted by molar-refractivity contribution is 6.00. The second kappa shape index (κ2) is 10.1. The number of ether oxygens (including phenoxy) is 2. The average Bonchev–Trinajstić information content (AvgIpc) is 2.85. The first-order valence-electron chi connectivity index (χ1n) is 11.6. The maximum atomic E-state index is 13.0. The lowest BCUT2D eigenvalue weighted by atomic mass is 9.87. The molecule has 6 heteroatoms. The molecule has 0 aliphatic heterocycles. The van der Waals surface area contributed by atoms with Crippen LogP contribution in [-0.4, -0.2) is 25.2 Å². The Bertz CT molecular complexity index is 1300. The van der Waals surface area contributed by atoms with Crippen LogP contribution < -0.4 is 20.1 Å². The normalized spacial score (nSPS) is 14.1. The van der Waals surface area contributed by atoms with Gasteiger partial charge in [-0.2, -0.15) is 0 Å². The minimum Gasteiger partial charge on any atom is -0.495 e. The van der Waals surface area contributed by atoms with Gasteiger partial charge in [0.25, 0.3) is 0 Å². The lowest BCUT2D eigenvalue weighted by Crippen LogP contribution is -2.29. The van der Waals surface area contributed by atoms with E-state index in [2.05, 4.69) is 48.5 Å². The van der Waals surface area contributed by atoms with Gasteiger partial charge in [0.15, 0.2) is 0 Å². The van der Waals surface area contributed by atoms with Gasteiger partial charge in [-0.3, -0.25) is 0 Å². The summed E-state index contributed by atoms with van der Waals surface area (Å²) in [7, 11) is 3.21. The average molecular weight is 470 g/mol. The Morgan fingerprint density at radius 3 is 2.46 bits per heavy atom. The summed E-state index contributed by atoms with van der Waals surface area (Å²) in [5.41, 5.74) is 6.67. The summed E-state index contributed by atoms with van der Waals surface area (Å²) in [6, 6.07) is 17.5. The Balaban J connectivity index is 1.57. The van der Waals surface area contributed by atoms with Crippen LogP contribution in [0.1, 0.15) is 49.4 Å². The zero-order valence-corrected chi connectivity index (χ0v) is 20.8. The van der Waals surface area contributed by atoms with Crippen molar-refractivity contribution in [2.45, 2.75) is 32.6 Å². The molecule has 0 saturated carbocycles. The number of amides is 2. The number of nitrogens with zero attached hydrogens (tertiary/aromatic N) is 1. The van der Waals surface area contributed by atoms with Gasteiger partial charge in [0, 0.05) is 23.5 Å². The van der Waals surface area contributed by atoms with Gasteiger partial charge >= 0.3 is 6.03 Å². The highest BCUT2D eigenvalue weighted by atomic mass is 16.5. The molecule has 0 unspecified atom stereocenters. The number of hydrogen-bond donors (Lipinski definition) is 2. The van der Waals surface area contributed by atoms with Gasteiger partial charge in [-0.25, -0.2) is 9.78 Å². The van der Waals surface area contributed by atoms with Crippen molar-refractivity contribution in [1.29, 1.82) is 0 Å². The van der Waals surface area contributed by atoms with Gasteiger partial charge in [-0.1, -0.05) is 63.3 Å². The van der Waals surface area contributed by atoms with E-state index in [1.54, 1.807) is 20.4 Å². The van der Waals surface area contributed by atoms with Gasteiger partial charge in [-0.05, 0) is 52.3 Å². The third kappa shape index (κ3) is 5.54. The number of pyridine rings is 1. The fraction of sp³-hybridized carbons (Fsp3) is 0.241. The van der Waals surface area contributed by atoms with Crippen molar-refractivity contribution >= 4 is 29.1 Å². The number of anilines is 1. The molecule has 2 amide bonds. The number of methoxy groups -OCH3 is 2. The molecule has 2 aromatic carbocycles. The summed E-state index contributed by atoms with van der Waals surface area (Å²) >= 11 is 0. The van der Waals surface area contributed by atoms with Crippen LogP contribution in [0.5, 0.6) is 11.6 Å². The molecule has 1 aromatic heterocycles. The van der Waals surface area contributed by atoms with Crippen molar-refractivity contribution in [3.63, 3.8) is 0 Å². The van der Waals surface area contributed by atoms with Crippen molar-refractivity contribution in [2.24, 2.45) is 0 Å². The summed E-state index contributed by atoms with van der Waals surface area (Å²) in [6.45, 7) is 6.40. The molecule has 3 aromatic rings. The third-order valence-electron chi connectivity index (χ3n) is 5.96. The number of fused-ring (bicyclic) bond motifs is 1. The largest absolute Gasteiger partial charge is 0.495 e. The fourth-order valence-corrected chi connectivity index (χ4v) is 4.06. The van der Waals surface area contributed by atoms with Gasteiger partial charge in [0.1, 0.15) is 5.75 Å². The number of carbonyl (C=O) groups excluding carboxylic acids is 1. The van der Waals surface area contributed by atoms with E-state index in [1.165, 1.54) is 0 Å². The lowest BCUT2D eigenvalue weighted by Gasteiger charge is -2.23. The van der Waals surface area contributed by atoms with Gasteiger partial charge in [-0.15, -0.1) is 0 Å². The molecule has 0 fully saturated rings. The third-order valence-corrected chi connectivity index (χ3v) is 5.96. The van der Waals surface area contributed by atoms with Crippen molar-refractivity contribution < 1.29 is 14.3 Å². The molecule has 0 saturated heterocycles. The summed E-state index contributed by atoms with van der Waals surface area (Å²) < 4.78 is 10.7. The van der Waals surface area contributed by atoms with Crippen LogP contribution in [0.3, 0.4) is 0 Å². The van der Waals surface area contributed by atoms with Crippen molar-refractivity contribution in [2.75, 3.05) is 19.5 Å². The molecule has 180 valence electrons. The zero-order chi connectivity index (χ0) is 25.0. The van der Waals surface area contributed by atoms with Crippen molar-refractivity contribution in [1.82, 2.24) is 10.3 Å². The number of nitrogens with one attached hydrogen (secondary N) is 2. The van der Waals surface area contributed by atoms with Gasteiger partial charge < -0.3 is 20.1 Å². The zero-order valence-electron chi connectivity index (χ0n) is 20.8. The number of urea groups is 1. The van der Waals surface area contributed by atoms with E-state index in [0.29, 0.717) is 23.7 Å².